The van der Waals surface area contributed by atoms with E-state index in [2.05, 4.69) is 15.5 Å². The number of thioether (sulfide) groups is 1. The summed E-state index contributed by atoms with van der Waals surface area (Å²) in [5, 5.41) is 13.6. The molecule has 0 atom stereocenters. The predicted molar refractivity (Wildman–Crippen MR) is 122 cm³/mol. The van der Waals surface area contributed by atoms with Crippen LogP contribution in [-0.4, -0.2) is 38.8 Å². The van der Waals surface area contributed by atoms with Crippen molar-refractivity contribution in [2.24, 2.45) is 0 Å². The van der Waals surface area contributed by atoms with Crippen LogP contribution in [0.5, 0.6) is 0 Å². The number of amides is 1. The number of carbonyl (C=O) groups is 2. The van der Waals surface area contributed by atoms with Gasteiger partial charge in [-0.1, -0.05) is 23.4 Å². The van der Waals surface area contributed by atoms with Gasteiger partial charge in [0.25, 0.3) is 0 Å². The standard InChI is InChI=1S/C22H19ClN4O3S/c1-3-30-21(29)14-4-7-16(8-5-14)24-20(28)12-31-22-26-25-19-10-13(2)17-11-15(23)6-9-18(17)27(19)22/h4-11H,3,12H2,1-2H3,(H,24,28). The quantitative estimate of drug-likeness (QED) is 0.334. The Balaban J connectivity index is 1.48. The van der Waals surface area contributed by atoms with Crippen LogP contribution in [0.1, 0.15) is 22.8 Å². The average Bonchev–Trinajstić information content (AvgIpc) is 3.16. The highest BCUT2D eigenvalue weighted by atomic mass is 35.5. The molecule has 2 heterocycles. The summed E-state index contributed by atoms with van der Waals surface area (Å²) in [6.45, 7) is 4.07. The van der Waals surface area contributed by atoms with Gasteiger partial charge < -0.3 is 10.1 Å². The fourth-order valence-corrected chi connectivity index (χ4v) is 4.14. The topological polar surface area (TPSA) is 85.6 Å². The molecule has 158 valence electrons. The van der Waals surface area contributed by atoms with E-state index in [9.17, 15) is 9.59 Å². The molecule has 0 aliphatic carbocycles. The number of pyridine rings is 1. The maximum atomic E-state index is 12.4. The molecule has 1 amide bonds. The second-order valence-electron chi connectivity index (χ2n) is 6.80. The Morgan fingerprint density at radius 2 is 1.90 bits per heavy atom. The molecular weight excluding hydrogens is 436 g/mol. The zero-order valence-electron chi connectivity index (χ0n) is 16.9. The van der Waals surface area contributed by atoms with Crippen LogP contribution in [0.3, 0.4) is 0 Å². The number of halogens is 1. The minimum atomic E-state index is -0.390. The van der Waals surface area contributed by atoms with Crippen LogP contribution in [0.15, 0.2) is 53.7 Å². The lowest BCUT2D eigenvalue weighted by atomic mass is 10.1. The van der Waals surface area contributed by atoms with Crippen LogP contribution in [0, 0.1) is 6.92 Å². The first kappa shape index (κ1) is 21.1. The van der Waals surface area contributed by atoms with Crippen molar-refractivity contribution in [1.29, 1.82) is 0 Å². The van der Waals surface area contributed by atoms with Crippen molar-refractivity contribution in [3.63, 3.8) is 0 Å². The molecule has 0 unspecified atom stereocenters. The molecule has 0 spiro atoms. The van der Waals surface area contributed by atoms with Gasteiger partial charge in [0.1, 0.15) is 0 Å². The zero-order valence-corrected chi connectivity index (χ0v) is 18.5. The summed E-state index contributed by atoms with van der Waals surface area (Å²) < 4.78 is 6.88. The van der Waals surface area contributed by atoms with Crippen LogP contribution in [0.25, 0.3) is 16.6 Å². The van der Waals surface area contributed by atoms with Crippen molar-refractivity contribution in [2.75, 3.05) is 17.7 Å². The SMILES string of the molecule is CCOC(=O)c1ccc(NC(=O)CSc2nnc3cc(C)c4cc(Cl)ccc4n23)cc1. The number of rotatable bonds is 6. The molecule has 0 bridgehead atoms. The van der Waals surface area contributed by atoms with Crippen LogP contribution in [0.4, 0.5) is 5.69 Å². The third-order valence-electron chi connectivity index (χ3n) is 4.64. The van der Waals surface area contributed by atoms with Gasteiger partial charge in [0.15, 0.2) is 10.8 Å². The summed E-state index contributed by atoms with van der Waals surface area (Å²) in [7, 11) is 0. The summed E-state index contributed by atoms with van der Waals surface area (Å²) in [6, 6.07) is 14.2. The molecule has 4 rings (SSSR count). The fourth-order valence-electron chi connectivity index (χ4n) is 3.22. The number of aromatic nitrogens is 3. The largest absolute Gasteiger partial charge is 0.462 e. The average molecular weight is 455 g/mol. The Morgan fingerprint density at radius 1 is 1.13 bits per heavy atom. The van der Waals surface area contributed by atoms with Gasteiger partial charge in [-0.05, 0) is 67.9 Å². The number of ether oxygens (including phenoxy) is 1. The Hall–Kier alpha value is -3.10. The molecule has 0 aliphatic rings. The number of carbonyl (C=O) groups excluding carboxylic acids is 2. The highest BCUT2D eigenvalue weighted by Gasteiger charge is 2.14. The lowest BCUT2D eigenvalue weighted by Crippen LogP contribution is -2.14. The first-order chi connectivity index (χ1) is 15.0. The highest BCUT2D eigenvalue weighted by Crippen LogP contribution is 2.28. The van der Waals surface area contributed by atoms with Crippen LogP contribution < -0.4 is 5.32 Å². The number of hydrogen-bond donors (Lipinski definition) is 1. The van der Waals surface area contributed by atoms with Gasteiger partial charge in [0, 0.05) is 16.1 Å². The molecule has 0 fully saturated rings. The van der Waals surface area contributed by atoms with Crippen LogP contribution >= 0.6 is 23.4 Å². The number of aryl methyl sites for hydroxylation is 1. The first-order valence-electron chi connectivity index (χ1n) is 9.60. The number of hydrogen-bond acceptors (Lipinski definition) is 6. The van der Waals surface area contributed by atoms with Gasteiger partial charge in [-0.3, -0.25) is 9.20 Å². The van der Waals surface area contributed by atoms with E-state index < -0.39 is 5.97 Å². The molecule has 2 aromatic heterocycles. The van der Waals surface area contributed by atoms with Crippen molar-refractivity contribution >= 4 is 57.5 Å². The Bertz CT molecular complexity index is 1290. The van der Waals surface area contributed by atoms with Crippen molar-refractivity contribution in [2.45, 2.75) is 19.0 Å². The third-order valence-corrected chi connectivity index (χ3v) is 5.80. The van der Waals surface area contributed by atoms with Gasteiger partial charge >= 0.3 is 5.97 Å². The normalized spacial score (nSPS) is 11.1. The molecule has 0 saturated carbocycles. The van der Waals surface area contributed by atoms with Gasteiger partial charge in [-0.2, -0.15) is 0 Å². The molecule has 1 N–H and O–H groups in total. The fraction of sp³-hybridized carbons (Fsp3) is 0.182. The molecule has 9 heteroatoms. The molecule has 31 heavy (non-hydrogen) atoms. The molecule has 2 aromatic carbocycles. The van der Waals surface area contributed by atoms with Gasteiger partial charge in [-0.25, -0.2) is 4.79 Å². The molecule has 0 saturated heterocycles. The lowest BCUT2D eigenvalue weighted by Gasteiger charge is -2.08. The number of benzene rings is 2. The van der Waals surface area contributed by atoms with Crippen LogP contribution in [0.2, 0.25) is 5.02 Å². The number of esters is 1. The summed E-state index contributed by atoms with van der Waals surface area (Å²) in [4.78, 5) is 24.1. The smallest absolute Gasteiger partial charge is 0.338 e. The monoisotopic (exact) mass is 454 g/mol. The Labute approximate surface area is 187 Å². The Morgan fingerprint density at radius 3 is 2.65 bits per heavy atom. The van der Waals surface area contributed by atoms with E-state index in [1.165, 1.54) is 11.8 Å². The van der Waals surface area contributed by atoms with E-state index in [-0.39, 0.29) is 11.7 Å². The van der Waals surface area contributed by atoms with Gasteiger partial charge in [-0.15, -0.1) is 10.2 Å². The molecule has 4 aromatic rings. The molecule has 0 radical (unpaired) electrons. The van der Waals surface area contributed by atoms with Crippen molar-refractivity contribution < 1.29 is 14.3 Å². The summed E-state index contributed by atoms with van der Waals surface area (Å²) in [5.74, 6) is -0.424. The van der Waals surface area contributed by atoms with E-state index in [0.717, 1.165) is 16.5 Å². The Kier molecular flexibility index (Phi) is 6.11. The zero-order chi connectivity index (χ0) is 22.0. The van der Waals surface area contributed by atoms with Crippen molar-refractivity contribution in [1.82, 2.24) is 14.6 Å². The summed E-state index contributed by atoms with van der Waals surface area (Å²) >= 11 is 7.45. The van der Waals surface area contributed by atoms with E-state index in [0.29, 0.717) is 33.7 Å². The second kappa shape index (κ2) is 8.95. The molecule has 7 nitrogen and oxygen atoms in total. The molecule has 0 aliphatic heterocycles. The second-order valence-corrected chi connectivity index (χ2v) is 8.18. The first-order valence-corrected chi connectivity index (χ1v) is 11.0. The number of nitrogens with one attached hydrogen (secondary N) is 1. The van der Waals surface area contributed by atoms with E-state index >= 15 is 0 Å². The van der Waals surface area contributed by atoms with E-state index in [1.54, 1.807) is 31.2 Å². The van der Waals surface area contributed by atoms with E-state index in [4.69, 9.17) is 16.3 Å². The lowest BCUT2D eigenvalue weighted by molar-refractivity contribution is -0.113. The minimum absolute atomic E-state index is 0.156. The maximum absolute atomic E-state index is 12.4. The number of fused-ring (bicyclic) bond motifs is 3. The predicted octanol–water partition coefficient (Wildman–Crippen LogP) is 4.75. The minimum Gasteiger partial charge on any atom is -0.462 e. The highest BCUT2D eigenvalue weighted by molar-refractivity contribution is 7.99. The van der Waals surface area contributed by atoms with E-state index in [1.807, 2.05) is 35.6 Å². The van der Waals surface area contributed by atoms with Gasteiger partial charge in [0.05, 0.1) is 23.4 Å². The van der Waals surface area contributed by atoms with Crippen LogP contribution in [-0.2, 0) is 9.53 Å². The third kappa shape index (κ3) is 4.50. The summed E-state index contributed by atoms with van der Waals surface area (Å²) in [5.41, 5.74) is 3.73. The number of anilines is 1. The van der Waals surface area contributed by atoms with Gasteiger partial charge in [0.2, 0.25) is 5.91 Å². The van der Waals surface area contributed by atoms with Crippen molar-refractivity contribution in [3.05, 3.63) is 64.7 Å². The summed E-state index contributed by atoms with van der Waals surface area (Å²) in [6.07, 6.45) is 0. The molecular formula is C22H19ClN4O3S. The van der Waals surface area contributed by atoms with Crippen molar-refractivity contribution in [3.8, 4) is 0 Å². The maximum Gasteiger partial charge on any atom is 0.338 e. The number of nitrogens with zero attached hydrogens (tertiary/aromatic N) is 3.